The zero-order chi connectivity index (χ0) is 15.0. The van der Waals surface area contributed by atoms with Crippen molar-refractivity contribution in [2.75, 3.05) is 39.0 Å². The van der Waals surface area contributed by atoms with E-state index >= 15 is 0 Å². The van der Waals surface area contributed by atoms with E-state index in [-0.39, 0.29) is 28.7 Å². The zero-order valence-electron chi connectivity index (χ0n) is 14.2. The molecule has 1 rings (SSSR count). The average molecular weight is 428 g/mol. The summed E-state index contributed by atoms with van der Waals surface area (Å²) in [6.07, 6.45) is 4.78. The lowest BCUT2D eigenvalue weighted by Crippen LogP contribution is -2.45. The summed E-state index contributed by atoms with van der Waals surface area (Å²) in [4.78, 5) is 7.28. The van der Waals surface area contributed by atoms with Crippen molar-refractivity contribution in [3.8, 4) is 0 Å². The van der Waals surface area contributed by atoms with Gasteiger partial charge in [0.05, 0.1) is 6.54 Å². The van der Waals surface area contributed by atoms with Crippen LogP contribution in [0.1, 0.15) is 40.5 Å². The fourth-order valence-electron chi connectivity index (χ4n) is 2.43. The van der Waals surface area contributed by atoms with Gasteiger partial charge in [-0.25, -0.2) is 0 Å². The van der Waals surface area contributed by atoms with Crippen molar-refractivity contribution in [2.45, 2.75) is 51.3 Å². The van der Waals surface area contributed by atoms with Crippen molar-refractivity contribution < 1.29 is 0 Å². The van der Waals surface area contributed by atoms with E-state index in [1.165, 1.54) is 19.4 Å². The summed E-state index contributed by atoms with van der Waals surface area (Å²) in [6.45, 7) is 14.0. The fourth-order valence-corrected chi connectivity index (χ4v) is 2.63. The van der Waals surface area contributed by atoms with Crippen molar-refractivity contribution in [3.63, 3.8) is 0 Å². The quantitative estimate of drug-likeness (QED) is 0.372. The molecule has 1 heterocycles. The molecule has 0 saturated carbocycles. The number of aliphatic imine (C=N–C) groups is 1. The van der Waals surface area contributed by atoms with Crippen LogP contribution >= 0.6 is 35.7 Å². The van der Waals surface area contributed by atoms with E-state index in [4.69, 9.17) is 4.99 Å². The molecule has 0 amide bonds. The van der Waals surface area contributed by atoms with Crippen LogP contribution in [0, 0.1) is 0 Å². The molecule has 0 aromatic rings. The first-order chi connectivity index (χ1) is 9.52. The van der Waals surface area contributed by atoms with Gasteiger partial charge in [-0.1, -0.05) is 6.92 Å². The van der Waals surface area contributed by atoms with Crippen LogP contribution in [0.2, 0.25) is 0 Å². The van der Waals surface area contributed by atoms with Gasteiger partial charge in [-0.15, -0.1) is 24.0 Å². The normalized spacial score (nSPS) is 20.2. The second kappa shape index (κ2) is 10.9. The molecule has 0 aliphatic carbocycles. The zero-order valence-corrected chi connectivity index (χ0v) is 17.4. The summed E-state index contributed by atoms with van der Waals surface area (Å²) in [6, 6.07) is 0.664. The van der Waals surface area contributed by atoms with Crippen LogP contribution in [-0.2, 0) is 0 Å². The molecule has 0 spiro atoms. The highest BCUT2D eigenvalue weighted by molar-refractivity contribution is 14.0. The van der Waals surface area contributed by atoms with Crippen molar-refractivity contribution >= 4 is 41.7 Å². The summed E-state index contributed by atoms with van der Waals surface area (Å²) in [5.41, 5.74) is 0. The number of hydrogen-bond donors (Lipinski definition) is 2. The summed E-state index contributed by atoms with van der Waals surface area (Å²) >= 11 is 1.86. The van der Waals surface area contributed by atoms with E-state index in [9.17, 15) is 0 Å². The summed E-state index contributed by atoms with van der Waals surface area (Å²) in [5.74, 6) is 0.956. The van der Waals surface area contributed by atoms with Gasteiger partial charge >= 0.3 is 0 Å². The first kappa shape index (κ1) is 21.3. The van der Waals surface area contributed by atoms with Gasteiger partial charge < -0.3 is 10.6 Å². The van der Waals surface area contributed by atoms with Gasteiger partial charge in [0.2, 0.25) is 0 Å². The topological polar surface area (TPSA) is 39.7 Å². The Labute approximate surface area is 152 Å². The van der Waals surface area contributed by atoms with Gasteiger partial charge in [-0.2, -0.15) is 11.8 Å². The smallest absolute Gasteiger partial charge is 0.191 e. The third-order valence-corrected chi connectivity index (χ3v) is 5.16. The molecule has 1 fully saturated rings. The number of likely N-dealkylation sites (N-methyl/N-ethyl adjacent to an activating group) is 1. The predicted molar refractivity (Wildman–Crippen MR) is 107 cm³/mol. The Morgan fingerprint density at radius 2 is 2.05 bits per heavy atom. The van der Waals surface area contributed by atoms with Gasteiger partial charge in [0.1, 0.15) is 0 Å². The Balaban J connectivity index is 0.00000400. The second-order valence-electron chi connectivity index (χ2n) is 5.96. The minimum Gasteiger partial charge on any atom is -0.357 e. The Hall–Kier alpha value is 0.310. The lowest BCUT2D eigenvalue weighted by molar-refractivity contribution is 0.267. The van der Waals surface area contributed by atoms with E-state index in [0.29, 0.717) is 6.04 Å². The van der Waals surface area contributed by atoms with Crippen LogP contribution in [0.25, 0.3) is 0 Å². The molecule has 6 heteroatoms. The average Bonchev–Trinajstić information content (AvgIpc) is 2.89. The minimum atomic E-state index is 0. The molecule has 0 aromatic carbocycles. The molecule has 1 aliphatic rings. The van der Waals surface area contributed by atoms with Crippen LogP contribution in [-0.4, -0.2) is 60.6 Å². The van der Waals surface area contributed by atoms with Gasteiger partial charge in [0.25, 0.3) is 0 Å². The molecule has 1 unspecified atom stereocenters. The first-order valence-electron chi connectivity index (χ1n) is 7.83. The van der Waals surface area contributed by atoms with E-state index in [1.54, 1.807) is 0 Å². The van der Waals surface area contributed by atoms with Gasteiger partial charge in [0, 0.05) is 23.9 Å². The van der Waals surface area contributed by atoms with Crippen molar-refractivity contribution in [3.05, 3.63) is 0 Å². The van der Waals surface area contributed by atoms with Crippen molar-refractivity contribution in [1.29, 1.82) is 0 Å². The Morgan fingerprint density at radius 3 is 2.62 bits per heavy atom. The highest BCUT2D eigenvalue weighted by atomic mass is 127. The number of nitrogens with zero attached hydrogens (tertiary/aromatic N) is 2. The van der Waals surface area contributed by atoms with Crippen LogP contribution < -0.4 is 10.6 Å². The molecule has 21 heavy (non-hydrogen) atoms. The number of thioether (sulfide) groups is 1. The van der Waals surface area contributed by atoms with Crippen molar-refractivity contribution in [2.24, 2.45) is 4.99 Å². The molecule has 1 aliphatic heterocycles. The maximum absolute atomic E-state index is 4.72. The third-order valence-electron chi connectivity index (χ3n) is 3.93. The lowest BCUT2D eigenvalue weighted by atomic mass is 10.2. The lowest BCUT2D eigenvalue weighted by Gasteiger charge is -2.24. The first-order valence-corrected chi connectivity index (χ1v) is 9.06. The minimum absolute atomic E-state index is 0. The van der Waals surface area contributed by atoms with Crippen LogP contribution in [0.15, 0.2) is 4.99 Å². The number of hydrogen-bond acceptors (Lipinski definition) is 3. The summed E-state index contributed by atoms with van der Waals surface area (Å²) in [7, 11) is 0. The SMILES string of the molecule is CCNC(=NCC(C)(C)SC)NCC1CCCN1CC.I. The molecule has 2 N–H and O–H groups in total. The second-order valence-corrected chi connectivity index (χ2v) is 7.48. The summed E-state index contributed by atoms with van der Waals surface area (Å²) < 4.78 is 0.200. The van der Waals surface area contributed by atoms with Gasteiger partial charge in [-0.05, 0) is 53.0 Å². The number of nitrogens with one attached hydrogen (secondary N) is 2. The Bertz CT molecular complexity index is 310. The maximum Gasteiger partial charge on any atom is 0.191 e. The third kappa shape index (κ3) is 7.93. The molecule has 4 nitrogen and oxygen atoms in total. The van der Waals surface area contributed by atoms with E-state index in [1.807, 2.05) is 11.8 Å². The standard InChI is InChI=1S/C15H32N4S.HI/c1-6-16-14(18-12-15(3,4)20-5)17-11-13-9-8-10-19(13)7-2;/h13H,6-12H2,1-5H3,(H2,16,17,18);1H. The maximum atomic E-state index is 4.72. The predicted octanol–water partition coefficient (Wildman–Crippen LogP) is 2.79. The molecule has 0 radical (unpaired) electrons. The molecule has 126 valence electrons. The molecule has 1 atom stereocenters. The Morgan fingerprint density at radius 1 is 1.33 bits per heavy atom. The fraction of sp³-hybridized carbons (Fsp3) is 0.933. The van der Waals surface area contributed by atoms with Crippen molar-refractivity contribution in [1.82, 2.24) is 15.5 Å². The van der Waals surface area contributed by atoms with E-state index < -0.39 is 0 Å². The molecule has 1 saturated heterocycles. The number of rotatable bonds is 7. The van der Waals surface area contributed by atoms with Crippen LogP contribution in [0.4, 0.5) is 0 Å². The van der Waals surface area contributed by atoms with Gasteiger partial charge in [0.15, 0.2) is 5.96 Å². The Kier molecular flexibility index (Phi) is 11.1. The van der Waals surface area contributed by atoms with Gasteiger partial charge in [-0.3, -0.25) is 9.89 Å². The monoisotopic (exact) mass is 428 g/mol. The largest absolute Gasteiger partial charge is 0.357 e. The van der Waals surface area contributed by atoms with E-state index in [0.717, 1.165) is 32.1 Å². The molecule has 0 aromatic heterocycles. The van der Waals surface area contributed by atoms with E-state index in [2.05, 4.69) is 49.5 Å². The van der Waals surface area contributed by atoms with Crippen LogP contribution in [0.3, 0.4) is 0 Å². The molecule has 0 bridgehead atoms. The highest BCUT2D eigenvalue weighted by Gasteiger charge is 2.23. The highest BCUT2D eigenvalue weighted by Crippen LogP contribution is 2.21. The summed E-state index contributed by atoms with van der Waals surface area (Å²) in [5, 5.41) is 6.86. The number of guanidine groups is 1. The molecular weight excluding hydrogens is 395 g/mol. The number of likely N-dealkylation sites (tertiary alicyclic amines) is 1. The van der Waals surface area contributed by atoms with Crippen LogP contribution in [0.5, 0.6) is 0 Å². The molecular formula is C15H33IN4S. The number of halogens is 1.